The second-order valence-corrected chi connectivity index (χ2v) is 6.55. The monoisotopic (exact) mass is 314 g/mol. The van der Waals surface area contributed by atoms with E-state index in [-0.39, 0.29) is 12.8 Å². The van der Waals surface area contributed by atoms with Crippen molar-refractivity contribution in [3.05, 3.63) is 0 Å². The zero-order chi connectivity index (χ0) is 16.5. The summed E-state index contributed by atoms with van der Waals surface area (Å²) < 4.78 is 26.5. The van der Waals surface area contributed by atoms with E-state index < -0.39 is 5.92 Å². The molecular weight excluding hydrogens is 278 g/mol. The van der Waals surface area contributed by atoms with Gasteiger partial charge in [0.2, 0.25) is 5.92 Å². The van der Waals surface area contributed by atoms with Gasteiger partial charge in [0, 0.05) is 19.3 Å². The zero-order valence-electron chi connectivity index (χ0n) is 14.6. The van der Waals surface area contributed by atoms with E-state index >= 15 is 0 Å². The van der Waals surface area contributed by atoms with Gasteiger partial charge in [0.25, 0.3) is 0 Å². The van der Waals surface area contributed by atoms with Crippen molar-refractivity contribution < 1.29 is 8.78 Å². The topological polar surface area (TPSA) is 0 Å². The van der Waals surface area contributed by atoms with Crippen LogP contribution < -0.4 is 0 Å². The van der Waals surface area contributed by atoms with Crippen molar-refractivity contribution in [3.63, 3.8) is 0 Å². The number of terminal acetylenes is 1. The molecular formula is C20H36F2. The molecule has 0 fully saturated rings. The lowest BCUT2D eigenvalue weighted by Crippen LogP contribution is -2.14. The Kier molecular flexibility index (Phi) is 14.9. The molecule has 0 aliphatic rings. The third-order valence-electron chi connectivity index (χ3n) is 4.23. The Morgan fingerprint density at radius 1 is 0.682 bits per heavy atom. The van der Waals surface area contributed by atoms with E-state index in [0.717, 1.165) is 19.3 Å². The average Bonchev–Trinajstić information content (AvgIpc) is 2.47. The molecule has 0 nitrogen and oxygen atoms in total. The summed E-state index contributed by atoms with van der Waals surface area (Å²) in [6.45, 7) is 1.82. The van der Waals surface area contributed by atoms with Crippen LogP contribution in [0.2, 0.25) is 0 Å². The first-order valence-corrected chi connectivity index (χ1v) is 9.43. The second kappa shape index (κ2) is 15.3. The van der Waals surface area contributed by atoms with Crippen LogP contribution >= 0.6 is 0 Å². The van der Waals surface area contributed by atoms with Crippen LogP contribution in [-0.4, -0.2) is 5.92 Å². The number of unbranched alkanes of at least 4 members (excludes halogenated alkanes) is 12. The molecule has 0 bridgehead atoms. The Labute approximate surface area is 137 Å². The van der Waals surface area contributed by atoms with Gasteiger partial charge in [0.05, 0.1) is 0 Å². The highest BCUT2D eigenvalue weighted by molar-refractivity contribution is 4.82. The molecule has 0 aliphatic carbocycles. The minimum atomic E-state index is -2.42. The summed E-state index contributed by atoms with van der Waals surface area (Å²) in [5, 5.41) is 0. The summed E-state index contributed by atoms with van der Waals surface area (Å²) in [6, 6.07) is 0. The molecule has 0 rings (SSSR count). The van der Waals surface area contributed by atoms with Gasteiger partial charge in [-0.15, -0.1) is 12.3 Å². The number of alkyl halides is 2. The molecule has 0 spiro atoms. The van der Waals surface area contributed by atoms with Crippen LogP contribution in [0.1, 0.15) is 110 Å². The molecule has 2 heteroatoms. The highest BCUT2D eigenvalue weighted by Crippen LogP contribution is 2.27. The molecule has 0 amide bonds. The SMILES string of the molecule is C#CCCCCCCCCCCCCCCC(F)(F)CCC. The van der Waals surface area contributed by atoms with Crippen molar-refractivity contribution in [1.29, 1.82) is 0 Å². The minimum absolute atomic E-state index is 0.0513. The standard InChI is InChI=1S/C20H36F2/c1-3-5-6-7-8-9-10-11-12-13-14-15-16-17-19-20(21,22)18-4-2/h1H,4-19H2,2H3. The van der Waals surface area contributed by atoms with Gasteiger partial charge in [-0.25, -0.2) is 8.78 Å². The fourth-order valence-corrected chi connectivity index (χ4v) is 2.87. The Balaban J connectivity index is 3.13. The van der Waals surface area contributed by atoms with Gasteiger partial charge in [0.15, 0.2) is 0 Å². The van der Waals surface area contributed by atoms with Gasteiger partial charge >= 0.3 is 0 Å². The van der Waals surface area contributed by atoms with Crippen LogP contribution in [0.3, 0.4) is 0 Å². The highest BCUT2D eigenvalue weighted by Gasteiger charge is 2.26. The van der Waals surface area contributed by atoms with Crippen LogP contribution in [0, 0.1) is 12.3 Å². The van der Waals surface area contributed by atoms with Crippen molar-refractivity contribution >= 4 is 0 Å². The third kappa shape index (κ3) is 15.8. The van der Waals surface area contributed by atoms with Crippen LogP contribution in [-0.2, 0) is 0 Å². The summed E-state index contributed by atoms with van der Waals surface area (Å²) in [6.07, 6.45) is 21.1. The van der Waals surface area contributed by atoms with Gasteiger partial charge in [-0.1, -0.05) is 77.6 Å². The summed E-state index contributed by atoms with van der Waals surface area (Å²) in [5.41, 5.74) is 0. The minimum Gasteiger partial charge on any atom is -0.207 e. The second-order valence-electron chi connectivity index (χ2n) is 6.55. The van der Waals surface area contributed by atoms with Gasteiger partial charge in [-0.2, -0.15) is 0 Å². The number of hydrogen-bond donors (Lipinski definition) is 0. The van der Waals surface area contributed by atoms with E-state index in [0.29, 0.717) is 12.8 Å². The quantitative estimate of drug-likeness (QED) is 0.204. The lowest BCUT2D eigenvalue weighted by molar-refractivity contribution is -0.0190. The van der Waals surface area contributed by atoms with E-state index in [4.69, 9.17) is 6.42 Å². The van der Waals surface area contributed by atoms with E-state index in [1.165, 1.54) is 57.8 Å². The van der Waals surface area contributed by atoms with Gasteiger partial charge < -0.3 is 0 Å². The van der Waals surface area contributed by atoms with Gasteiger partial charge in [0.1, 0.15) is 0 Å². The van der Waals surface area contributed by atoms with E-state index in [9.17, 15) is 8.78 Å². The van der Waals surface area contributed by atoms with Crippen LogP contribution in [0.25, 0.3) is 0 Å². The van der Waals surface area contributed by atoms with Gasteiger partial charge in [-0.05, 0) is 12.8 Å². The molecule has 0 aromatic rings. The fourth-order valence-electron chi connectivity index (χ4n) is 2.87. The average molecular weight is 315 g/mol. The van der Waals surface area contributed by atoms with E-state index in [1.54, 1.807) is 0 Å². The maximum atomic E-state index is 13.3. The maximum absolute atomic E-state index is 13.3. The van der Waals surface area contributed by atoms with Crippen molar-refractivity contribution in [3.8, 4) is 12.3 Å². The smallest absolute Gasteiger partial charge is 0.207 e. The largest absolute Gasteiger partial charge is 0.248 e. The molecule has 0 heterocycles. The molecule has 130 valence electrons. The number of halogens is 2. The predicted octanol–water partition coefficient (Wildman–Crippen LogP) is 7.52. The van der Waals surface area contributed by atoms with E-state index in [1.807, 2.05) is 6.92 Å². The fraction of sp³-hybridized carbons (Fsp3) is 0.900. The predicted molar refractivity (Wildman–Crippen MR) is 93.3 cm³/mol. The Hall–Kier alpha value is -0.580. The van der Waals surface area contributed by atoms with Crippen molar-refractivity contribution in [1.82, 2.24) is 0 Å². The molecule has 0 unspecified atom stereocenters. The molecule has 0 aliphatic heterocycles. The lowest BCUT2D eigenvalue weighted by atomic mass is 10.0. The van der Waals surface area contributed by atoms with Crippen LogP contribution in [0.4, 0.5) is 8.78 Å². The molecule has 0 saturated carbocycles. The summed E-state index contributed by atoms with van der Waals surface area (Å²) in [7, 11) is 0. The Morgan fingerprint density at radius 2 is 1.09 bits per heavy atom. The molecule has 0 aromatic heterocycles. The number of hydrogen-bond acceptors (Lipinski definition) is 0. The van der Waals surface area contributed by atoms with Gasteiger partial charge in [-0.3, -0.25) is 0 Å². The summed E-state index contributed by atoms with van der Waals surface area (Å²) >= 11 is 0. The number of rotatable bonds is 16. The van der Waals surface area contributed by atoms with Crippen molar-refractivity contribution in [2.45, 2.75) is 116 Å². The molecule has 0 radical (unpaired) electrons. The van der Waals surface area contributed by atoms with Crippen LogP contribution in [0.5, 0.6) is 0 Å². The maximum Gasteiger partial charge on any atom is 0.248 e. The van der Waals surface area contributed by atoms with E-state index in [2.05, 4.69) is 5.92 Å². The highest BCUT2D eigenvalue weighted by atomic mass is 19.3. The first kappa shape index (κ1) is 21.4. The summed E-state index contributed by atoms with van der Waals surface area (Å²) in [5.74, 6) is 0.259. The Bertz CT molecular complexity index is 265. The zero-order valence-corrected chi connectivity index (χ0v) is 14.6. The normalized spacial score (nSPS) is 11.5. The van der Waals surface area contributed by atoms with Crippen molar-refractivity contribution in [2.24, 2.45) is 0 Å². The Morgan fingerprint density at radius 3 is 1.50 bits per heavy atom. The van der Waals surface area contributed by atoms with Crippen LogP contribution in [0.15, 0.2) is 0 Å². The molecule has 0 aromatic carbocycles. The lowest BCUT2D eigenvalue weighted by Gasteiger charge is -2.14. The molecule has 0 saturated heterocycles. The third-order valence-corrected chi connectivity index (χ3v) is 4.23. The first-order chi connectivity index (χ1) is 10.6. The summed E-state index contributed by atoms with van der Waals surface area (Å²) in [4.78, 5) is 0. The molecule has 22 heavy (non-hydrogen) atoms. The van der Waals surface area contributed by atoms with Crippen molar-refractivity contribution in [2.75, 3.05) is 0 Å². The first-order valence-electron chi connectivity index (χ1n) is 9.43. The molecule has 0 atom stereocenters. The molecule has 0 N–H and O–H groups in total.